The lowest BCUT2D eigenvalue weighted by molar-refractivity contribution is -0.108. The van der Waals surface area contributed by atoms with Gasteiger partial charge in [-0.1, -0.05) is 0 Å². The lowest BCUT2D eigenvalue weighted by Gasteiger charge is -2.37. The molecule has 7 heteroatoms. The molecule has 2 N–H and O–H groups in total. The van der Waals surface area contributed by atoms with E-state index in [4.69, 9.17) is 9.31 Å². The molecule has 1 aromatic heterocycles. The lowest BCUT2D eigenvalue weighted by atomic mass is 9.88. The van der Waals surface area contributed by atoms with E-state index in [1.165, 1.54) is 0 Å². The quantitative estimate of drug-likeness (QED) is 0.817. The first-order valence-corrected chi connectivity index (χ1v) is 6.76. The van der Waals surface area contributed by atoms with E-state index in [0.717, 1.165) is 11.0 Å². The molecule has 0 saturated carbocycles. The summed E-state index contributed by atoms with van der Waals surface area (Å²) in [6.45, 7) is 6.59. The second kappa shape index (κ2) is 5.33. The first-order valence-electron chi connectivity index (χ1n) is 6.76. The molecule has 0 amide bonds. The normalized spacial score (nSPS) is 12.7. The largest absolute Gasteiger partial charge is 0.710 e. The van der Waals surface area contributed by atoms with Gasteiger partial charge in [-0.3, -0.25) is 0 Å². The van der Waals surface area contributed by atoms with Crippen LogP contribution in [0.2, 0.25) is 0 Å². The van der Waals surface area contributed by atoms with Crippen LogP contribution in [0.4, 0.5) is 0 Å². The van der Waals surface area contributed by atoms with Gasteiger partial charge < -0.3 is 24.0 Å². The van der Waals surface area contributed by atoms with Gasteiger partial charge in [-0.2, -0.15) is 0 Å². The van der Waals surface area contributed by atoms with Crippen molar-refractivity contribution in [1.29, 1.82) is 0 Å². The maximum atomic E-state index is 10.0. The van der Waals surface area contributed by atoms with E-state index in [-0.39, 0.29) is 0 Å². The third kappa shape index (κ3) is 3.37. The Morgan fingerprint density at radius 1 is 1.24 bits per heavy atom. The maximum Gasteiger partial charge on any atom is 0.710 e. The highest BCUT2D eigenvalue weighted by Crippen LogP contribution is 2.26. The average molecular weight is 292 g/mol. The highest BCUT2D eigenvalue weighted by molar-refractivity contribution is 6.35. The van der Waals surface area contributed by atoms with Crippen molar-refractivity contribution in [3.05, 3.63) is 24.5 Å². The summed E-state index contributed by atoms with van der Waals surface area (Å²) in [5, 5.41) is 19.9. The molecule has 0 spiro atoms. The van der Waals surface area contributed by atoms with Crippen molar-refractivity contribution in [1.82, 2.24) is 9.55 Å². The number of aromatic nitrogens is 2. The molecule has 0 atom stereocenters. The van der Waals surface area contributed by atoms with E-state index < -0.39 is 18.5 Å². The Labute approximate surface area is 124 Å². The first kappa shape index (κ1) is 15.8. The fourth-order valence-corrected chi connectivity index (χ4v) is 1.72. The standard InChI is InChI=1S/C14H21BN2O4/c1-13(2,18)14(3,4)21-15(19)20-10-6-7-11-12(8-10)17(5)9-16-11/h6-9,18-19H,1-5H3. The maximum absolute atomic E-state index is 10.0. The molecule has 0 aliphatic rings. The van der Waals surface area contributed by atoms with Crippen LogP contribution in [0, 0.1) is 0 Å². The van der Waals surface area contributed by atoms with Gasteiger partial charge in [-0.15, -0.1) is 0 Å². The minimum atomic E-state index is -1.47. The van der Waals surface area contributed by atoms with Crippen molar-refractivity contribution in [2.45, 2.75) is 38.9 Å². The number of fused-ring (bicyclic) bond motifs is 1. The molecule has 6 nitrogen and oxygen atoms in total. The molecule has 1 aromatic carbocycles. The van der Waals surface area contributed by atoms with E-state index in [1.54, 1.807) is 52.2 Å². The Morgan fingerprint density at radius 3 is 2.52 bits per heavy atom. The van der Waals surface area contributed by atoms with Gasteiger partial charge in [-0.25, -0.2) is 4.98 Å². The SMILES string of the molecule is Cn1cnc2ccc(OB(O)OC(C)(C)C(C)(C)O)cc21. The number of imidazole rings is 1. The molecule has 114 valence electrons. The monoisotopic (exact) mass is 292 g/mol. The summed E-state index contributed by atoms with van der Waals surface area (Å²) >= 11 is 0. The molecule has 0 aliphatic heterocycles. The van der Waals surface area contributed by atoms with E-state index in [2.05, 4.69) is 4.98 Å². The molecule has 0 saturated heterocycles. The lowest BCUT2D eigenvalue weighted by Crippen LogP contribution is -2.51. The Balaban J connectivity index is 2.11. The molecule has 0 radical (unpaired) electrons. The molecule has 1 heterocycles. The Bertz CT molecular complexity index is 633. The highest BCUT2D eigenvalue weighted by atomic mass is 16.7. The molecule has 0 bridgehead atoms. The van der Waals surface area contributed by atoms with Gasteiger partial charge >= 0.3 is 7.32 Å². The number of hydrogen-bond donors (Lipinski definition) is 2. The van der Waals surface area contributed by atoms with E-state index in [1.807, 2.05) is 11.6 Å². The van der Waals surface area contributed by atoms with Crippen molar-refractivity contribution < 1.29 is 19.4 Å². The van der Waals surface area contributed by atoms with Gasteiger partial charge in [0.25, 0.3) is 0 Å². The number of hydrogen-bond acceptors (Lipinski definition) is 5. The first-order chi connectivity index (χ1) is 9.60. The average Bonchev–Trinajstić information content (AvgIpc) is 2.69. The summed E-state index contributed by atoms with van der Waals surface area (Å²) in [5.74, 6) is 0.463. The molecule has 2 rings (SSSR count). The van der Waals surface area contributed by atoms with Crippen molar-refractivity contribution in [2.75, 3.05) is 0 Å². The molecule has 21 heavy (non-hydrogen) atoms. The van der Waals surface area contributed by atoms with Crippen molar-refractivity contribution in [3.8, 4) is 5.75 Å². The number of nitrogens with zero attached hydrogens (tertiary/aromatic N) is 2. The van der Waals surface area contributed by atoms with Gasteiger partial charge in [0.2, 0.25) is 0 Å². The van der Waals surface area contributed by atoms with Crippen molar-refractivity contribution in [2.24, 2.45) is 7.05 Å². The van der Waals surface area contributed by atoms with Crippen LogP contribution in [0.5, 0.6) is 5.75 Å². The fourth-order valence-electron chi connectivity index (χ4n) is 1.72. The van der Waals surface area contributed by atoms with Crippen LogP contribution in [0.3, 0.4) is 0 Å². The molecule has 0 aliphatic carbocycles. The molecule has 2 aromatic rings. The van der Waals surface area contributed by atoms with Crippen LogP contribution < -0.4 is 4.65 Å². The summed E-state index contributed by atoms with van der Waals surface area (Å²) in [6, 6.07) is 5.28. The second-order valence-corrected chi connectivity index (χ2v) is 6.12. The third-order valence-electron chi connectivity index (χ3n) is 3.80. The number of rotatable bonds is 5. The minimum Gasteiger partial charge on any atom is -0.512 e. The van der Waals surface area contributed by atoms with Crippen LogP contribution in [0.25, 0.3) is 11.0 Å². The third-order valence-corrected chi connectivity index (χ3v) is 3.80. The highest BCUT2D eigenvalue weighted by Gasteiger charge is 2.40. The van der Waals surface area contributed by atoms with Crippen LogP contribution in [0.15, 0.2) is 24.5 Å². The number of aliphatic hydroxyl groups is 1. The van der Waals surface area contributed by atoms with Crippen molar-refractivity contribution in [3.63, 3.8) is 0 Å². The Kier molecular flexibility index (Phi) is 4.01. The summed E-state index contributed by atoms with van der Waals surface area (Å²) in [6.07, 6.45) is 1.71. The van der Waals surface area contributed by atoms with E-state index in [9.17, 15) is 10.1 Å². The number of benzene rings is 1. The van der Waals surface area contributed by atoms with Gasteiger partial charge in [0, 0.05) is 13.1 Å². The van der Waals surface area contributed by atoms with E-state index in [0.29, 0.717) is 5.75 Å². The van der Waals surface area contributed by atoms with Gasteiger partial charge in [0.1, 0.15) is 5.75 Å². The zero-order chi connectivity index (χ0) is 15.8. The number of aryl methyl sites for hydroxylation is 1. The van der Waals surface area contributed by atoms with Crippen LogP contribution in [-0.4, -0.2) is 38.2 Å². The summed E-state index contributed by atoms with van der Waals surface area (Å²) in [5.41, 5.74) is -0.356. The van der Waals surface area contributed by atoms with Gasteiger partial charge in [0.05, 0.1) is 28.6 Å². The zero-order valence-electron chi connectivity index (χ0n) is 13.0. The van der Waals surface area contributed by atoms with Crippen LogP contribution >= 0.6 is 0 Å². The van der Waals surface area contributed by atoms with Gasteiger partial charge in [-0.05, 0) is 39.8 Å². The summed E-state index contributed by atoms with van der Waals surface area (Å²) in [7, 11) is 0.404. The Morgan fingerprint density at radius 2 is 1.90 bits per heavy atom. The van der Waals surface area contributed by atoms with E-state index >= 15 is 0 Å². The fraction of sp³-hybridized carbons (Fsp3) is 0.500. The van der Waals surface area contributed by atoms with Crippen LogP contribution in [-0.2, 0) is 11.7 Å². The zero-order valence-corrected chi connectivity index (χ0v) is 13.0. The smallest absolute Gasteiger partial charge is 0.512 e. The Hall–Kier alpha value is -1.57. The second-order valence-electron chi connectivity index (χ2n) is 6.12. The van der Waals surface area contributed by atoms with Crippen molar-refractivity contribution >= 4 is 18.4 Å². The van der Waals surface area contributed by atoms with Gasteiger partial charge in [0.15, 0.2) is 0 Å². The predicted molar refractivity (Wildman–Crippen MR) is 80.8 cm³/mol. The molecule has 0 fully saturated rings. The molecular weight excluding hydrogens is 271 g/mol. The minimum absolute atomic E-state index is 0.463. The molecule has 0 unspecified atom stereocenters. The topological polar surface area (TPSA) is 76.7 Å². The predicted octanol–water partition coefficient (Wildman–Crippen LogP) is 1.50. The molecular formula is C14H21BN2O4. The summed E-state index contributed by atoms with van der Waals surface area (Å²) < 4.78 is 12.6. The van der Waals surface area contributed by atoms with Crippen LogP contribution in [0.1, 0.15) is 27.7 Å². The summed E-state index contributed by atoms with van der Waals surface area (Å²) in [4.78, 5) is 4.21.